The fourth-order valence-electron chi connectivity index (χ4n) is 2.17. The summed E-state index contributed by atoms with van der Waals surface area (Å²) >= 11 is 5.89. The summed E-state index contributed by atoms with van der Waals surface area (Å²) in [5.41, 5.74) is 7.14. The zero-order valence-corrected chi connectivity index (χ0v) is 12.5. The van der Waals surface area contributed by atoms with Gasteiger partial charge in [0.1, 0.15) is 0 Å². The molecule has 0 spiro atoms. The first kappa shape index (κ1) is 18.0. The Hall–Kier alpha value is -0.0300. The molecule has 1 saturated heterocycles. The van der Waals surface area contributed by atoms with Crippen LogP contribution in [-0.2, 0) is 0 Å². The molecule has 0 aromatic heterocycles. The molecule has 0 aliphatic carbocycles. The lowest BCUT2D eigenvalue weighted by Crippen LogP contribution is -2.46. The van der Waals surface area contributed by atoms with Gasteiger partial charge in [0.2, 0.25) is 0 Å². The van der Waals surface area contributed by atoms with Gasteiger partial charge in [0.05, 0.1) is 0 Å². The Morgan fingerprint density at radius 3 is 2.22 bits per heavy atom. The first-order valence-electron chi connectivity index (χ1n) is 5.71. The van der Waals surface area contributed by atoms with Crippen LogP contribution in [-0.4, -0.2) is 37.6 Å². The van der Waals surface area contributed by atoms with Crippen molar-refractivity contribution in [3.05, 3.63) is 34.9 Å². The molecule has 3 nitrogen and oxygen atoms in total. The van der Waals surface area contributed by atoms with Crippen molar-refractivity contribution < 1.29 is 0 Å². The molecule has 6 heteroatoms. The van der Waals surface area contributed by atoms with E-state index in [1.165, 1.54) is 5.56 Å². The molecular formula is C12H20Cl3N3. The predicted molar refractivity (Wildman–Crippen MR) is 82.2 cm³/mol. The van der Waals surface area contributed by atoms with Crippen LogP contribution in [0.2, 0.25) is 5.02 Å². The monoisotopic (exact) mass is 311 g/mol. The van der Waals surface area contributed by atoms with Crippen molar-refractivity contribution in [2.75, 3.05) is 32.7 Å². The van der Waals surface area contributed by atoms with Gasteiger partial charge >= 0.3 is 0 Å². The van der Waals surface area contributed by atoms with Gasteiger partial charge in [-0.2, -0.15) is 0 Å². The van der Waals surface area contributed by atoms with Crippen LogP contribution in [0.1, 0.15) is 11.6 Å². The molecule has 1 fully saturated rings. The number of hydrogen-bond acceptors (Lipinski definition) is 3. The smallest absolute Gasteiger partial charge is 0.0471 e. The molecule has 2 rings (SSSR count). The number of nitrogens with zero attached hydrogens (tertiary/aromatic N) is 1. The number of halogens is 3. The molecule has 1 heterocycles. The maximum Gasteiger partial charge on any atom is 0.0471 e. The molecule has 104 valence electrons. The first-order chi connectivity index (χ1) is 7.81. The highest BCUT2D eigenvalue weighted by molar-refractivity contribution is 6.30. The number of hydrogen-bond donors (Lipinski definition) is 2. The number of benzene rings is 1. The van der Waals surface area contributed by atoms with E-state index >= 15 is 0 Å². The summed E-state index contributed by atoms with van der Waals surface area (Å²) in [5.74, 6) is 0. The van der Waals surface area contributed by atoms with Crippen molar-refractivity contribution in [1.82, 2.24) is 10.2 Å². The normalized spacial score (nSPS) is 17.4. The van der Waals surface area contributed by atoms with E-state index in [-0.39, 0.29) is 24.8 Å². The van der Waals surface area contributed by atoms with Crippen molar-refractivity contribution >= 4 is 36.4 Å². The topological polar surface area (TPSA) is 41.3 Å². The molecule has 1 unspecified atom stereocenters. The second-order valence-electron chi connectivity index (χ2n) is 4.09. The molecule has 0 saturated carbocycles. The third-order valence-electron chi connectivity index (χ3n) is 3.07. The van der Waals surface area contributed by atoms with Gasteiger partial charge in [0, 0.05) is 43.8 Å². The Morgan fingerprint density at radius 2 is 1.72 bits per heavy atom. The first-order valence-corrected chi connectivity index (χ1v) is 6.09. The van der Waals surface area contributed by atoms with Gasteiger partial charge in [-0.15, -0.1) is 24.8 Å². The Bertz CT molecular complexity index is 326. The van der Waals surface area contributed by atoms with Gasteiger partial charge in [-0.3, -0.25) is 4.90 Å². The van der Waals surface area contributed by atoms with Gasteiger partial charge in [0.25, 0.3) is 0 Å². The predicted octanol–water partition coefficient (Wildman–Crippen LogP) is 2.09. The number of nitrogens with one attached hydrogen (secondary N) is 1. The second-order valence-corrected chi connectivity index (χ2v) is 4.53. The van der Waals surface area contributed by atoms with Gasteiger partial charge in [0.15, 0.2) is 0 Å². The van der Waals surface area contributed by atoms with Gasteiger partial charge in [-0.1, -0.05) is 23.7 Å². The van der Waals surface area contributed by atoms with Crippen LogP contribution in [0.15, 0.2) is 24.3 Å². The van der Waals surface area contributed by atoms with Crippen molar-refractivity contribution in [1.29, 1.82) is 0 Å². The fourth-order valence-corrected chi connectivity index (χ4v) is 2.30. The molecule has 1 aliphatic rings. The van der Waals surface area contributed by atoms with Crippen LogP contribution >= 0.6 is 36.4 Å². The molecule has 18 heavy (non-hydrogen) atoms. The Labute approximate surface area is 126 Å². The van der Waals surface area contributed by atoms with Crippen molar-refractivity contribution in [3.63, 3.8) is 0 Å². The minimum Gasteiger partial charge on any atom is -0.329 e. The number of nitrogens with two attached hydrogens (primary N) is 1. The third-order valence-corrected chi connectivity index (χ3v) is 3.32. The quantitative estimate of drug-likeness (QED) is 0.898. The Morgan fingerprint density at radius 1 is 1.17 bits per heavy atom. The SMILES string of the molecule is Cl.Cl.NCC(c1ccc(Cl)cc1)N1CCNCC1. The highest BCUT2D eigenvalue weighted by atomic mass is 35.5. The average molecular weight is 313 g/mol. The van der Waals surface area contributed by atoms with E-state index < -0.39 is 0 Å². The summed E-state index contributed by atoms with van der Waals surface area (Å²) < 4.78 is 0. The summed E-state index contributed by atoms with van der Waals surface area (Å²) in [4.78, 5) is 2.43. The van der Waals surface area contributed by atoms with Crippen molar-refractivity contribution in [2.45, 2.75) is 6.04 Å². The van der Waals surface area contributed by atoms with E-state index in [1.54, 1.807) is 0 Å². The Balaban J connectivity index is 0.00000144. The van der Waals surface area contributed by atoms with E-state index in [9.17, 15) is 0 Å². The minimum absolute atomic E-state index is 0. The summed E-state index contributed by atoms with van der Waals surface area (Å²) in [6.07, 6.45) is 0. The van der Waals surface area contributed by atoms with Crippen LogP contribution < -0.4 is 11.1 Å². The van der Waals surface area contributed by atoms with Crippen LogP contribution in [0.25, 0.3) is 0 Å². The van der Waals surface area contributed by atoms with E-state index in [1.807, 2.05) is 12.1 Å². The average Bonchev–Trinajstić information content (AvgIpc) is 2.34. The lowest BCUT2D eigenvalue weighted by Gasteiger charge is -2.34. The molecule has 1 aliphatic heterocycles. The lowest BCUT2D eigenvalue weighted by molar-refractivity contribution is 0.178. The van der Waals surface area contributed by atoms with Crippen LogP contribution in [0.5, 0.6) is 0 Å². The summed E-state index contributed by atoms with van der Waals surface area (Å²) in [6, 6.07) is 8.33. The lowest BCUT2D eigenvalue weighted by atomic mass is 10.0. The van der Waals surface area contributed by atoms with Gasteiger partial charge in [-0.05, 0) is 17.7 Å². The molecule has 1 aromatic carbocycles. The highest BCUT2D eigenvalue weighted by Crippen LogP contribution is 2.21. The van der Waals surface area contributed by atoms with Gasteiger partial charge in [-0.25, -0.2) is 0 Å². The minimum atomic E-state index is 0. The Kier molecular flexibility index (Phi) is 8.95. The van der Waals surface area contributed by atoms with Gasteiger partial charge < -0.3 is 11.1 Å². The molecule has 1 aromatic rings. The standard InChI is InChI=1S/C12H18ClN3.2ClH/c13-11-3-1-10(2-4-11)12(9-14)16-7-5-15-6-8-16;;/h1-4,12,15H,5-9,14H2;2*1H. The molecule has 1 atom stereocenters. The molecule has 3 N–H and O–H groups in total. The second kappa shape index (κ2) is 8.97. The zero-order valence-electron chi connectivity index (χ0n) is 10.1. The zero-order chi connectivity index (χ0) is 11.4. The van der Waals surface area contributed by atoms with Crippen LogP contribution in [0.3, 0.4) is 0 Å². The maximum absolute atomic E-state index is 5.89. The van der Waals surface area contributed by atoms with E-state index in [4.69, 9.17) is 17.3 Å². The highest BCUT2D eigenvalue weighted by Gasteiger charge is 2.20. The summed E-state index contributed by atoms with van der Waals surface area (Å²) in [6.45, 7) is 4.87. The van der Waals surface area contributed by atoms with Crippen molar-refractivity contribution in [2.24, 2.45) is 5.73 Å². The fraction of sp³-hybridized carbons (Fsp3) is 0.500. The van der Waals surface area contributed by atoms with Crippen LogP contribution in [0.4, 0.5) is 0 Å². The molecule has 0 amide bonds. The molecule has 0 bridgehead atoms. The van der Waals surface area contributed by atoms with E-state index in [0.29, 0.717) is 12.6 Å². The summed E-state index contributed by atoms with van der Waals surface area (Å²) in [7, 11) is 0. The number of rotatable bonds is 3. The molecular weight excluding hydrogens is 293 g/mol. The number of piperazine rings is 1. The molecule has 0 radical (unpaired) electrons. The maximum atomic E-state index is 5.89. The summed E-state index contributed by atoms with van der Waals surface area (Å²) in [5, 5.41) is 4.13. The largest absolute Gasteiger partial charge is 0.329 e. The van der Waals surface area contributed by atoms with E-state index in [0.717, 1.165) is 31.2 Å². The third kappa shape index (κ3) is 4.57. The van der Waals surface area contributed by atoms with Crippen molar-refractivity contribution in [3.8, 4) is 0 Å². The van der Waals surface area contributed by atoms with E-state index in [2.05, 4.69) is 22.3 Å². The van der Waals surface area contributed by atoms with Crippen LogP contribution in [0, 0.1) is 0 Å².